The summed E-state index contributed by atoms with van der Waals surface area (Å²) >= 11 is 0. The molecule has 0 aliphatic heterocycles. The van der Waals surface area contributed by atoms with Gasteiger partial charge in [-0.15, -0.1) is 0 Å². The molecule has 1 heteroatoms. The lowest BCUT2D eigenvalue weighted by Gasteiger charge is -2.18. The molecule has 0 bridgehead atoms. The molecule has 0 N–H and O–H groups in total. The third-order valence-corrected chi connectivity index (χ3v) is 9.21. The molecule has 0 aliphatic rings. The second-order valence-electron chi connectivity index (χ2n) is 11.8. The van der Waals surface area contributed by atoms with Gasteiger partial charge in [-0.3, -0.25) is 0 Å². The fraction of sp³-hybridized carbons (Fsp3) is 0. The SMILES string of the molecule is [2H]c1c([2H])c([2H])c(-c2c3c([2H])c([2H])c([2H])c([2H])c3c(-c3ccc(-c4cccc5oc6cccc(-c7cccc8ccccc78)c6c45)cc3)c3c([2H])c([2H])c([2H])c([2H])c23)c([2H])c1[2H]. The van der Waals surface area contributed by atoms with Crippen LogP contribution >= 0.6 is 0 Å². The molecule has 0 saturated carbocycles. The minimum absolute atomic E-state index is 0.0712. The van der Waals surface area contributed by atoms with Crippen molar-refractivity contribution in [1.29, 1.82) is 0 Å². The summed E-state index contributed by atoms with van der Waals surface area (Å²) < 4.78 is 121. The molecular weight excluding hydrogens is 593 g/mol. The maximum Gasteiger partial charge on any atom is 0.136 e. The van der Waals surface area contributed by atoms with Crippen LogP contribution < -0.4 is 0 Å². The Bertz CT molecular complexity index is 3500. The van der Waals surface area contributed by atoms with E-state index >= 15 is 0 Å². The first-order chi connectivity index (χ1) is 29.7. The molecule has 10 aromatic rings. The predicted octanol–water partition coefficient (Wildman–Crippen LogP) is 13.7. The van der Waals surface area contributed by atoms with Crippen molar-refractivity contribution < 1.29 is 22.2 Å². The zero-order chi connectivity index (χ0) is 43.6. The Morgan fingerprint density at radius 1 is 0.347 bits per heavy atom. The quantitative estimate of drug-likeness (QED) is 0.175. The Balaban J connectivity index is 1.29. The molecule has 0 saturated heterocycles. The highest BCUT2D eigenvalue weighted by Crippen LogP contribution is 2.46. The number of fused-ring (bicyclic) bond motifs is 6. The van der Waals surface area contributed by atoms with E-state index < -0.39 is 84.1 Å². The maximum absolute atomic E-state index is 9.27. The van der Waals surface area contributed by atoms with Crippen LogP contribution in [0.4, 0.5) is 0 Å². The molecule has 0 radical (unpaired) electrons. The summed E-state index contributed by atoms with van der Waals surface area (Å²) in [6, 6.07) is 24.9. The van der Waals surface area contributed by atoms with Gasteiger partial charge in [0.05, 0.1) is 17.8 Å². The molecule has 0 unspecified atom stereocenters. The fourth-order valence-electron chi connectivity index (χ4n) is 7.15. The third kappa shape index (κ3) is 4.33. The normalized spacial score (nSPS) is 15.4. The lowest BCUT2D eigenvalue weighted by atomic mass is 9.85. The summed E-state index contributed by atoms with van der Waals surface area (Å²) in [6.07, 6.45) is 0. The van der Waals surface area contributed by atoms with E-state index in [4.69, 9.17) is 16.8 Å². The van der Waals surface area contributed by atoms with Crippen LogP contribution in [-0.2, 0) is 0 Å². The van der Waals surface area contributed by atoms with Gasteiger partial charge >= 0.3 is 0 Å². The Labute approximate surface area is 302 Å². The molecule has 228 valence electrons. The summed E-state index contributed by atoms with van der Waals surface area (Å²) in [7, 11) is 0. The van der Waals surface area contributed by atoms with Gasteiger partial charge in [-0.2, -0.15) is 0 Å². The Morgan fingerprint density at radius 3 is 1.51 bits per heavy atom. The first kappa shape index (κ1) is 17.6. The molecule has 1 aromatic heterocycles. The largest absolute Gasteiger partial charge is 0.456 e. The van der Waals surface area contributed by atoms with Crippen LogP contribution in [0.1, 0.15) is 17.8 Å². The highest BCUT2D eigenvalue weighted by atomic mass is 16.3. The zero-order valence-corrected chi connectivity index (χ0v) is 25.7. The molecule has 0 amide bonds. The number of benzene rings is 9. The van der Waals surface area contributed by atoms with Crippen LogP contribution in [-0.4, -0.2) is 0 Å². The molecule has 49 heavy (non-hydrogen) atoms. The van der Waals surface area contributed by atoms with Gasteiger partial charge < -0.3 is 4.42 Å². The van der Waals surface area contributed by atoms with Crippen LogP contribution in [0.5, 0.6) is 0 Å². The highest BCUT2D eigenvalue weighted by molar-refractivity contribution is 6.22. The summed E-state index contributed by atoms with van der Waals surface area (Å²) in [5.41, 5.74) is 4.67. The topological polar surface area (TPSA) is 13.1 Å². The maximum atomic E-state index is 9.27. The van der Waals surface area contributed by atoms with Gasteiger partial charge in [-0.25, -0.2) is 0 Å². The van der Waals surface area contributed by atoms with E-state index in [-0.39, 0.29) is 32.7 Å². The van der Waals surface area contributed by atoms with Crippen LogP contribution in [0, 0.1) is 0 Å². The average Bonchev–Trinajstić information content (AvgIpc) is 3.69. The first-order valence-corrected chi connectivity index (χ1v) is 15.8. The molecule has 1 nitrogen and oxygen atoms in total. The van der Waals surface area contributed by atoms with Crippen LogP contribution in [0.15, 0.2) is 186 Å². The molecule has 10 rings (SSSR count). The highest BCUT2D eigenvalue weighted by Gasteiger charge is 2.19. The average molecular weight is 636 g/mol. The smallest absolute Gasteiger partial charge is 0.136 e. The van der Waals surface area contributed by atoms with E-state index in [1.54, 1.807) is 12.1 Å². The van der Waals surface area contributed by atoms with Crippen molar-refractivity contribution in [3.8, 4) is 44.5 Å². The first-order valence-electron chi connectivity index (χ1n) is 22.3. The van der Waals surface area contributed by atoms with Crippen molar-refractivity contribution in [3.05, 3.63) is 182 Å². The lowest BCUT2D eigenvalue weighted by molar-refractivity contribution is 0.669. The molecule has 0 atom stereocenters. The summed E-state index contributed by atoms with van der Waals surface area (Å²) in [4.78, 5) is 0. The second kappa shape index (κ2) is 11.1. The van der Waals surface area contributed by atoms with Gasteiger partial charge in [0.15, 0.2) is 0 Å². The number of hydrogen-bond donors (Lipinski definition) is 0. The molecular formula is C48H30O. The van der Waals surface area contributed by atoms with Crippen LogP contribution in [0.2, 0.25) is 0 Å². The number of hydrogen-bond acceptors (Lipinski definition) is 1. The van der Waals surface area contributed by atoms with Crippen molar-refractivity contribution >= 4 is 54.3 Å². The van der Waals surface area contributed by atoms with E-state index in [9.17, 15) is 5.48 Å². The standard InChI is InChI=1S/C48H30O/c1-2-14-33(15-3-1)45-39-18-6-8-20-41(39)46(42-21-9-7-19-40(42)45)34-29-27-32(28-30-34)36-22-11-25-43-47(36)48-38(24-12-26-44(48)49-43)37-23-10-16-31-13-4-5-17-35(31)37/h1-30H/i1D,2D,3D,6D,7D,8D,9D,14D,15D,18D,19D,20D,21D. The van der Waals surface area contributed by atoms with Crippen LogP contribution in [0.3, 0.4) is 0 Å². The van der Waals surface area contributed by atoms with Gasteiger partial charge in [-0.1, -0.05) is 170 Å². The van der Waals surface area contributed by atoms with E-state index in [1.807, 2.05) is 60.7 Å². The van der Waals surface area contributed by atoms with E-state index in [0.717, 1.165) is 43.8 Å². The van der Waals surface area contributed by atoms with Crippen molar-refractivity contribution in [2.75, 3.05) is 0 Å². The van der Waals surface area contributed by atoms with Crippen molar-refractivity contribution in [1.82, 2.24) is 0 Å². The van der Waals surface area contributed by atoms with E-state index in [1.165, 1.54) is 0 Å². The van der Waals surface area contributed by atoms with Gasteiger partial charge in [0, 0.05) is 10.8 Å². The van der Waals surface area contributed by atoms with Gasteiger partial charge in [0.2, 0.25) is 0 Å². The molecule has 9 aromatic carbocycles. The third-order valence-electron chi connectivity index (χ3n) is 9.21. The number of furan rings is 1. The second-order valence-corrected chi connectivity index (χ2v) is 11.8. The Morgan fingerprint density at radius 2 is 0.837 bits per heavy atom. The Hall–Kier alpha value is -6.44. The van der Waals surface area contributed by atoms with Gasteiger partial charge in [-0.05, 0) is 89.0 Å². The van der Waals surface area contributed by atoms with Crippen molar-refractivity contribution in [2.45, 2.75) is 0 Å². The molecule has 0 fully saturated rings. The number of rotatable bonds is 4. The summed E-state index contributed by atoms with van der Waals surface area (Å²) in [5.74, 6) is 0. The van der Waals surface area contributed by atoms with Gasteiger partial charge in [0.1, 0.15) is 11.2 Å². The van der Waals surface area contributed by atoms with E-state index in [0.29, 0.717) is 16.7 Å². The van der Waals surface area contributed by atoms with Crippen molar-refractivity contribution in [3.63, 3.8) is 0 Å². The lowest BCUT2D eigenvalue weighted by Crippen LogP contribution is -1.90. The summed E-state index contributed by atoms with van der Waals surface area (Å²) in [6.45, 7) is 0. The predicted molar refractivity (Wildman–Crippen MR) is 208 cm³/mol. The van der Waals surface area contributed by atoms with Crippen LogP contribution in [0.25, 0.3) is 98.8 Å². The minimum atomic E-state index is -0.715. The van der Waals surface area contributed by atoms with Gasteiger partial charge in [0.25, 0.3) is 0 Å². The van der Waals surface area contributed by atoms with E-state index in [2.05, 4.69) is 30.3 Å². The van der Waals surface area contributed by atoms with Crippen molar-refractivity contribution in [2.24, 2.45) is 0 Å². The summed E-state index contributed by atoms with van der Waals surface area (Å²) in [5, 5.41) is 3.22. The molecule has 1 heterocycles. The molecule has 0 aliphatic carbocycles. The minimum Gasteiger partial charge on any atom is -0.456 e. The molecule has 0 spiro atoms. The fourth-order valence-corrected chi connectivity index (χ4v) is 7.15. The zero-order valence-electron chi connectivity index (χ0n) is 38.7. The monoisotopic (exact) mass is 635 g/mol. The Kier molecular flexibility index (Phi) is 3.99.